The van der Waals surface area contributed by atoms with Crippen molar-refractivity contribution in [1.82, 2.24) is 10.6 Å². The maximum absolute atomic E-state index is 12.5. The molecule has 0 aromatic carbocycles. The Kier molecular flexibility index (Phi) is 7.72. The van der Waals surface area contributed by atoms with Crippen molar-refractivity contribution in [2.24, 2.45) is 11.3 Å². The van der Waals surface area contributed by atoms with Crippen molar-refractivity contribution in [3.63, 3.8) is 0 Å². The Morgan fingerprint density at radius 3 is 2.52 bits per heavy atom. The summed E-state index contributed by atoms with van der Waals surface area (Å²) in [5.41, 5.74) is -0.190. The molecular formula is C16H30N2O3. The van der Waals surface area contributed by atoms with E-state index in [1.54, 1.807) is 0 Å². The smallest absolute Gasteiger partial charge is 0.303 e. The molecule has 3 N–H and O–H groups in total. The van der Waals surface area contributed by atoms with Crippen LogP contribution >= 0.6 is 0 Å². The summed E-state index contributed by atoms with van der Waals surface area (Å²) >= 11 is 0. The summed E-state index contributed by atoms with van der Waals surface area (Å²) in [6.45, 7) is 6.66. The quantitative estimate of drug-likeness (QED) is 0.609. The van der Waals surface area contributed by atoms with Gasteiger partial charge in [0.05, 0.1) is 5.41 Å². The lowest BCUT2D eigenvalue weighted by Gasteiger charge is -2.36. The summed E-state index contributed by atoms with van der Waals surface area (Å²) in [4.78, 5) is 23.1. The van der Waals surface area contributed by atoms with E-state index in [4.69, 9.17) is 5.11 Å². The fourth-order valence-electron chi connectivity index (χ4n) is 3.11. The molecule has 0 aromatic rings. The van der Waals surface area contributed by atoms with Gasteiger partial charge in [-0.05, 0) is 51.1 Å². The molecule has 122 valence electrons. The second kappa shape index (κ2) is 9.03. The van der Waals surface area contributed by atoms with Gasteiger partial charge in [0, 0.05) is 13.0 Å². The molecule has 5 nitrogen and oxygen atoms in total. The molecule has 1 atom stereocenters. The molecule has 1 aliphatic rings. The topological polar surface area (TPSA) is 78.4 Å². The molecule has 1 fully saturated rings. The zero-order chi connectivity index (χ0) is 15.7. The molecule has 1 aliphatic heterocycles. The molecule has 0 aliphatic carbocycles. The molecule has 1 heterocycles. The van der Waals surface area contributed by atoms with E-state index in [1.165, 1.54) is 0 Å². The van der Waals surface area contributed by atoms with Gasteiger partial charge in [0.25, 0.3) is 0 Å². The Morgan fingerprint density at radius 1 is 1.29 bits per heavy atom. The van der Waals surface area contributed by atoms with Crippen molar-refractivity contribution in [2.75, 3.05) is 19.6 Å². The Morgan fingerprint density at radius 2 is 1.95 bits per heavy atom. The van der Waals surface area contributed by atoms with Gasteiger partial charge in [0.2, 0.25) is 5.91 Å². The van der Waals surface area contributed by atoms with E-state index in [0.717, 1.165) is 45.2 Å². The third kappa shape index (κ3) is 6.04. The Hall–Kier alpha value is -1.10. The first-order valence-electron chi connectivity index (χ1n) is 8.21. The van der Waals surface area contributed by atoms with Crippen molar-refractivity contribution in [1.29, 1.82) is 0 Å². The highest BCUT2D eigenvalue weighted by Crippen LogP contribution is 2.34. The molecule has 0 spiro atoms. The largest absolute Gasteiger partial charge is 0.481 e. The number of carboxylic acids is 1. The number of hydrogen-bond acceptors (Lipinski definition) is 3. The number of carboxylic acid groups (broad SMARTS) is 1. The highest BCUT2D eigenvalue weighted by atomic mass is 16.4. The van der Waals surface area contributed by atoms with Crippen LogP contribution in [-0.4, -0.2) is 36.6 Å². The lowest BCUT2D eigenvalue weighted by atomic mass is 9.74. The second-order valence-corrected chi connectivity index (χ2v) is 6.36. The van der Waals surface area contributed by atoms with Gasteiger partial charge in [0.1, 0.15) is 0 Å². The normalized spacial score (nSPS) is 19.0. The highest BCUT2D eigenvalue weighted by Gasteiger charge is 2.38. The number of carbonyl (C=O) groups is 2. The van der Waals surface area contributed by atoms with E-state index in [2.05, 4.69) is 17.6 Å². The van der Waals surface area contributed by atoms with Crippen LogP contribution in [0, 0.1) is 11.3 Å². The van der Waals surface area contributed by atoms with Crippen LogP contribution in [0.3, 0.4) is 0 Å². The summed E-state index contributed by atoms with van der Waals surface area (Å²) < 4.78 is 0. The Labute approximate surface area is 127 Å². The third-order valence-electron chi connectivity index (χ3n) is 4.54. The fraction of sp³-hybridized carbons (Fsp3) is 0.875. The van der Waals surface area contributed by atoms with Gasteiger partial charge in [0.15, 0.2) is 0 Å². The SMILES string of the molecule is CCCC1(C(=O)NCCC(C)CCC(=O)O)CCNCC1. The minimum Gasteiger partial charge on any atom is -0.481 e. The molecule has 0 aromatic heterocycles. The molecule has 21 heavy (non-hydrogen) atoms. The van der Waals surface area contributed by atoms with Crippen LogP contribution in [0.15, 0.2) is 0 Å². The van der Waals surface area contributed by atoms with Crippen molar-refractivity contribution in [3.8, 4) is 0 Å². The van der Waals surface area contributed by atoms with Crippen molar-refractivity contribution >= 4 is 11.9 Å². The van der Waals surface area contributed by atoms with Crippen LogP contribution in [0.25, 0.3) is 0 Å². The van der Waals surface area contributed by atoms with Crippen molar-refractivity contribution in [3.05, 3.63) is 0 Å². The van der Waals surface area contributed by atoms with Crippen LogP contribution in [-0.2, 0) is 9.59 Å². The van der Waals surface area contributed by atoms with Crippen LogP contribution in [0.2, 0.25) is 0 Å². The lowest BCUT2D eigenvalue weighted by molar-refractivity contribution is -0.137. The molecule has 1 rings (SSSR count). The molecule has 1 unspecified atom stereocenters. The van der Waals surface area contributed by atoms with E-state index in [1.807, 2.05) is 6.92 Å². The highest BCUT2D eigenvalue weighted by molar-refractivity contribution is 5.82. The van der Waals surface area contributed by atoms with Gasteiger partial charge in [-0.25, -0.2) is 0 Å². The molecule has 0 radical (unpaired) electrons. The first-order valence-corrected chi connectivity index (χ1v) is 8.21. The van der Waals surface area contributed by atoms with Crippen LogP contribution in [0.1, 0.15) is 58.8 Å². The zero-order valence-corrected chi connectivity index (χ0v) is 13.4. The minimum absolute atomic E-state index is 0.190. The number of piperidine rings is 1. The number of rotatable bonds is 9. The summed E-state index contributed by atoms with van der Waals surface area (Å²) in [5, 5.41) is 15.1. The molecule has 0 saturated carbocycles. The number of amides is 1. The maximum atomic E-state index is 12.5. The summed E-state index contributed by atoms with van der Waals surface area (Å²) in [6, 6.07) is 0. The molecule has 1 amide bonds. The molecule has 5 heteroatoms. The zero-order valence-electron chi connectivity index (χ0n) is 13.4. The fourth-order valence-corrected chi connectivity index (χ4v) is 3.11. The van der Waals surface area contributed by atoms with Crippen LogP contribution < -0.4 is 10.6 Å². The predicted octanol–water partition coefficient (Wildman–Crippen LogP) is 2.16. The first kappa shape index (κ1) is 18.0. The molecule has 0 bridgehead atoms. The van der Waals surface area contributed by atoms with E-state index in [0.29, 0.717) is 18.9 Å². The monoisotopic (exact) mass is 298 g/mol. The van der Waals surface area contributed by atoms with E-state index in [9.17, 15) is 9.59 Å². The number of carbonyl (C=O) groups excluding carboxylic acids is 1. The summed E-state index contributed by atoms with van der Waals surface area (Å²) in [7, 11) is 0. The van der Waals surface area contributed by atoms with Gasteiger partial charge in [-0.3, -0.25) is 9.59 Å². The number of hydrogen-bond donors (Lipinski definition) is 3. The average Bonchev–Trinajstić information content (AvgIpc) is 2.46. The summed E-state index contributed by atoms with van der Waals surface area (Å²) in [5.74, 6) is -0.227. The standard InChI is InChI=1S/C16H30N2O3/c1-3-7-16(8-11-17-12-9-16)15(21)18-10-6-13(2)4-5-14(19)20/h13,17H,3-12H2,1-2H3,(H,18,21)(H,19,20). The van der Waals surface area contributed by atoms with Gasteiger partial charge >= 0.3 is 5.97 Å². The van der Waals surface area contributed by atoms with Gasteiger partial charge in [-0.2, -0.15) is 0 Å². The predicted molar refractivity (Wildman–Crippen MR) is 83.1 cm³/mol. The van der Waals surface area contributed by atoms with Gasteiger partial charge < -0.3 is 15.7 Å². The minimum atomic E-state index is -0.748. The molecular weight excluding hydrogens is 268 g/mol. The Balaban J connectivity index is 2.35. The van der Waals surface area contributed by atoms with E-state index < -0.39 is 5.97 Å². The van der Waals surface area contributed by atoms with Gasteiger partial charge in [-0.1, -0.05) is 20.3 Å². The number of nitrogens with one attached hydrogen (secondary N) is 2. The van der Waals surface area contributed by atoms with Crippen LogP contribution in [0.4, 0.5) is 0 Å². The van der Waals surface area contributed by atoms with Crippen molar-refractivity contribution < 1.29 is 14.7 Å². The van der Waals surface area contributed by atoms with Crippen LogP contribution in [0.5, 0.6) is 0 Å². The Bertz CT molecular complexity index is 333. The van der Waals surface area contributed by atoms with Crippen molar-refractivity contribution in [2.45, 2.75) is 58.8 Å². The van der Waals surface area contributed by atoms with E-state index >= 15 is 0 Å². The average molecular weight is 298 g/mol. The lowest BCUT2D eigenvalue weighted by Crippen LogP contribution is -2.47. The first-order chi connectivity index (χ1) is 10.00. The maximum Gasteiger partial charge on any atom is 0.303 e. The number of aliphatic carboxylic acids is 1. The summed E-state index contributed by atoms with van der Waals surface area (Å²) in [6.07, 6.45) is 5.55. The van der Waals surface area contributed by atoms with Gasteiger partial charge in [-0.15, -0.1) is 0 Å². The third-order valence-corrected chi connectivity index (χ3v) is 4.54. The molecule has 1 saturated heterocycles. The van der Waals surface area contributed by atoms with E-state index in [-0.39, 0.29) is 17.7 Å². The second-order valence-electron chi connectivity index (χ2n) is 6.36.